The molecule has 0 aliphatic carbocycles. The molecule has 1 fully saturated rings. The van der Waals surface area contributed by atoms with Gasteiger partial charge in [-0.25, -0.2) is 4.39 Å². The zero-order valence-electron chi connectivity index (χ0n) is 14.2. The van der Waals surface area contributed by atoms with Gasteiger partial charge < -0.3 is 0 Å². The lowest BCUT2D eigenvalue weighted by atomic mass is 9.82. The number of rotatable bonds is 3. The van der Waals surface area contributed by atoms with Crippen LogP contribution in [0.5, 0.6) is 0 Å². The monoisotopic (exact) mass is 321 g/mol. The Kier molecular flexibility index (Phi) is 4.24. The molecule has 2 aliphatic rings. The molecule has 2 aromatic carbocycles. The topological polar surface area (TPSA) is 3.24 Å². The van der Waals surface area contributed by atoms with Crippen LogP contribution in [0, 0.1) is 12.7 Å². The van der Waals surface area contributed by atoms with E-state index in [2.05, 4.69) is 41.3 Å². The zero-order valence-corrected chi connectivity index (χ0v) is 14.2. The Hall–Kier alpha value is -1.93. The van der Waals surface area contributed by atoms with E-state index < -0.39 is 0 Å². The van der Waals surface area contributed by atoms with E-state index in [1.54, 1.807) is 0 Å². The van der Waals surface area contributed by atoms with E-state index in [4.69, 9.17) is 0 Å². The lowest BCUT2D eigenvalue weighted by molar-refractivity contribution is 0.0950. The molecule has 0 amide bonds. The number of aryl methyl sites for hydroxylation is 1. The molecule has 124 valence electrons. The van der Waals surface area contributed by atoms with Gasteiger partial charge in [0.05, 0.1) is 0 Å². The molecular weight excluding hydrogens is 297 g/mol. The fraction of sp³-hybridized carbons (Fsp3) is 0.364. The Morgan fingerprint density at radius 2 is 1.88 bits per heavy atom. The van der Waals surface area contributed by atoms with E-state index in [0.717, 1.165) is 24.1 Å². The van der Waals surface area contributed by atoms with Gasteiger partial charge in [0.15, 0.2) is 0 Å². The minimum absolute atomic E-state index is 0.0432. The summed E-state index contributed by atoms with van der Waals surface area (Å²) >= 11 is 0. The van der Waals surface area contributed by atoms with Crippen molar-refractivity contribution in [3.63, 3.8) is 0 Å². The van der Waals surface area contributed by atoms with Crippen molar-refractivity contribution in [3.8, 4) is 0 Å². The number of fused-ring (bicyclic) bond motifs is 2. The second-order valence-corrected chi connectivity index (χ2v) is 7.14. The molecule has 2 aromatic rings. The lowest BCUT2D eigenvalue weighted by Gasteiger charge is -2.45. The number of nitrogens with zero attached hydrogens (tertiary/aromatic N) is 1. The average Bonchev–Trinajstić information content (AvgIpc) is 2.58. The smallest absolute Gasteiger partial charge is 0.133 e. The summed E-state index contributed by atoms with van der Waals surface area (Å²) in [6.07, 6.45) is 6.97. The van der Waals surface area contributed by atoms with Gasteiger partial charge in [-0.2, -0.15) is 0 Å². The van der Waals surface area contributed by atoms with E-state index in [-0.39, 0.29) is 5.82 Å². The summed E-state index contributed by atoms with van der Waals surface area (Å²) in [5.74, 6) is -0.0432. The minimum Gasteiger partial charge on any atom is -0.289 e. The second kappa shape index (κ2) is 6.52. The molecule has 0 N–H and O–H groups in total. The highest BCUT2D eigenvalue weighted by Gasteiger charge is 2.34. The first-order valence-corrected chi connectivity index (χ1v) is 8.98. The number of hydrogen-bond donors (Lipinski definition) is 0. The molecule has 2 atom stereocenters. The molecule has 0 aromatic heterocycles. The summed E-state index contributed by atoms with van der Waals surface area (Å²) in [7, 11) is 0. The highest BCUT2D eigenvalue weighted by Crippen LogP contribution is 2.38. The molecule has 2 unspecified atom stereocenters. The highest BCUT2D eigenvalue weighted by molar-refractivity contribution is 5.68. The Balaban J connectivity index is 1.64. The fourth-order valence-corrected chi connectivity index (χ4v) is 4.25. The van der Waals surface area contributed by atoms with Gasteiger partial charge in [0, 0.05) is 24.2 Å². The van der Waals surface area contributed by atoms with Crippen LogP contribution in [0.4, 0.5) is 4.39 Å². The molecule has 2 heteroatoms. The largest absolute Gasteiger partial charge is 0.289 e. The maximum absolute atomic E-state index is 14.6. The van der Waals surface area contributed by atoms with Crippen molar-refractivity contribution in [3.05, 3.63) is 77.1 Å². The SMILES string of the molecule is Cc1cccc(C2=CC3CCCC(C2)N3Cc2ccccc2)c1F. The van der Waals surface area contributed by atoms with E-state index in [9.17, 15) is 4.39 Å². The molecule has 0 spiro atoms. The Bertz CT molecular complexity index is 750. The average molecular weight is 321 g/mol. The number of hydrogen-bond acceptors (Lipinski definition) is 1. The Labute approximate surface area is 143 Å². The standard InChI is InChI=1S/C22H24FN/c1-16-7-5-12-21(22(16)23)18-13-19-10-6-11-20(14-18)24(19)15-17-8-3-2-4-9-17/h2-5,7-9,12-13,19-20H,6,10-11,14-15H2,1H3. The Morgan fingerprint density at radius 1 is 1.04 bits per heavy atom. The van der Waals surface area contributed by atoms with Crippen LogP contribution in [0.3, 0.4) is 0 Å². The van der Waals surface area contributed by atoms with Crippen molar-refractivity contribution in [1.82, 2.24) is 4.90 Å². The maximum atomic E-state index is 14.6. The van der Waals surface area contributed by atoms with Crippen molar-refractivity contribution in [1.29, 1.82) is 0 Å². The molecule has 0 saturated carbocycles. The van der Waals surface area contributed by atoms with Crippen LogP contribution in [-0.2, 0) is 6.54 Å². The molecule has 1 nitrogen and oxygen atoms in total. The molecule has 2 aliphatic heterocycles. The van der Waals surface area contributed by atoms with Crippen LogP contribution in [0.25, 0.3) is 5.57 Å². The van der Waals surface area contributed by atoms with Crippen LogP contribution >= 0.6 is 0 Å². The fourth-order valence-electron chi connectivity index (χ4n) is 4.25. The number of piperidine rings is 1. The third kappa shape index (κ3) is 2.91. The summed E-state index contributed by atoms with van der Waals surface area (Å²) < 4.78 is 14.6. The molecule has 2 heterocycles. The first-order chi connectivity index (χ1) is 11.7. The van der Waals surface area contributed by atoms with E-state index in [1.165, 1.54) is 30.4 Å². The number of halogens is 1. The van der Waals surface area contributed by atoms with Gasteiger partial charge >= 0.3 is 0 Å². The predicted molar refractivity (Wildman–Crippen MR) is 97.1 cm³/mol. The first-order valence-electron chi connectivity index (χ1n) is 8.98. The second-order valence-electron chi connectivity index (χ2n) is 7.14. The van der Waals surface area contributed by atoms with Crippen LogP contribution in [0.1, 0.15) is 42.4 Å². The molecule has 0 radical (unpaired) electrons. The summed E-state index contributed by atoms with van der Waals surface area (Å²) in [5, 5.41) is 0. The van der Waals surface area contributed by atoms with Gasteiger partial charge in [0.25, 0.3) is 0 Å². The quantitative estimate of drug-likeness (QED) is 0.737. The molecule has 24 heavy (non-hydrogen) atoms. The lowest BCUT2D eigenvalue weighted by Crippen LogP contribution is -2.47. The van der Waals surface area contributed by atoms with Crippen molar-refractivity contribution < 1.29 is 4.39 Å². The van der Waals surface area contributed by atoms with Crippen LogP contribution < -0.4 is 0 Å². The molecular formula is C22H24FN. The van der Waals surface area contributed by atoms with E-state index in [0.29, 0.717) is 12.1 Å². The summed E-state index contributed by atoms with van der Waals surface area (Å²) in [4.78, 5) is 2.62. The van der Waals surface area contributed by atoms with Crippen molar-refractivity contribution in [2.24, 2.45) is 0 Å². The minimum atomic E-state index is -0.0432. The van der Waals surface area contributed by atoms with Crippen molar-refractivity contribution in [2.75, 3.05) is 0 Å². The van der Waals surface area contributed by atoms with Crippen LogP contribution in [-0.4, -0.2) is 17.0 Å². The molecule has 2 bridgehead atoms. The molecule has 4 rings (SSSR count). The van der Waals surface area contributed by atoms with Crippen LogP contribution in [0.15, 0.2) is 54.6 Å². The van der Waals surface area contributed by atoms with Gasteiger partial charge in [0.1, 0.15) is 5.82 Å². The zero-order chi connectivity index (χ0) is 16.5. The van der Waals surface area contributed by atoms with Gasteiger partial charge in [-0.3, -0.25) is 4.90 Å². The van der Waals surface area contributed by atoms with E-state index >= 15 is 0 Å². The van der Waals surface area contributed by atoms with Crippen LogP contribution in [0.2, 0.25) is 0 Å². The van der Waals surface area contributed by atoms with Gasteiger partial charge in [0.2, 0.25) is 0 Å². The summed E-state index contributed by atoms with van der Waals surface area (Å²) in [6, 6.07) is 17.4. The Morgan fingerprint density at radius 3 is 2.67 bits per heavy atom. The van der Waals surface area contributed by atoms with Gasteiger partial charge in [-0.15, -0.1) is 0 Å². The highest BCUT2D eigenvalue weighted by atomic mass is 19.1. The normalized spacial score (nSPS) is 23.8. The summed E-state index contributed by atoms with van der Waals surface area (Å²) in [5.41, 5.74) is 4.12. The van der Waals surface area contributed by atoms with Crippen molar-refractivity contribution in [2.45, 2.75) is 51.2 Å². The number of benzene rings is 2. The van der Waals surface area contributed by atoms with Gasteiger partial charge in [-0.1, -0.05) is 61.0 Å². The van der Waals surface area contributed by atoms with E-state index in [1.807, 2.05) is 25.1 Å². The maximum Gasteiger partial charge on any atom is 0.133 e. The molecule has 1 saturated heterocycles. The summed E-state index contributed by atoms with van der Waals surface area (Å²) in [6.45, 7) is 2.85. The van der Waals surface area contributed by atoms with Gasteiger partial charge in [-0.05, 0) is 42.9 Å². The third-order valence-electron chi connectivity index (χ3n) is 5.53. The third-order valence-corrected chi connectivity index (χ3v) is 5.53. The predicted octanol–water partition coefficient (Wildman–Crippen LogP) is 5.34. The first kappa shape index (κ1) is 15.6. The van der Waals surface area contributed by atoms with Crippen molar-refractivity contribution >= 4 is 5.57 Å².